The van der Waals surface area contributed by atoms with Crippen LogP contribution in [-0.2, 0) is 14.4 Å². The first kappa shape index (κ1) is 17.4. The van der Waals surface area contributed by atoms with Crippen LogP contribution >= 0.6 is 0 Å². The largest absolute Gasteiger partial charge is 0.480 e. The lowest BCUT2D eigenvalue weighted by Gasteiger charge is -2.21. The van der Waals surface area contributed by atoms with Crippen molar-refractivity contribution in [2.45, 2.75) is 45.2 Å². The van der Waals surface area contributed by atoms with Crippen LogP contribution in [0.25, 0.3) is 0 Å². The van der Waals surface area contributed by atoms with Crippen molar-refractivity contribution in [2.24, 2.45) is 11.7 Å². The third-order valence-electron chi connectivity index (χ3n) is 2.67. The van der Waals surface area contributed by atoms with Crippen LogP contribution < -0.4 is 16.4 Å². The number of primary amides is 1. The molecule has 0 aromatic heterocycles. The summed E-state index contributed by atoms with van der Waals surface area (Å²) < 4.78 is 0. The predicted octanol–water partition coefficient (Wildman–Crippen LogP) is -0.545. The monoisotopic (exact) mass is 273 g/mol. The van der Waals surface area contributed by atoms with E-state index in [0.717, 1.165) is 0 Å². The van der Waals surface area contributed by atoms with Crippen LogP contribution in [0.2, 0.25) is 0 Å². The van der Waals surface area contributed by atoms with Crippen molar-refractivity contribution in [3.63, 3.8) is 0 Å². The molecule has 0 heterocycles. The predicted molar refractivity (Wildman–Crippen MR) is 70.3 cm³/mol. The van der Waals surface area contributed by atoms with Crippen LogP contribution in [0, 0.1) is 5.92 Å². The zero-order chi connectivity index (χ0) is 15.0. The van der Waals surface area contributed by atoms with Gasteiger partial charge in [0.05, 0.1) is 6.04 Å². The zero-order valence-electron chi connectivity index (χ0n) is 11.6. The lowest BCUT2D eigenvalue weighted by atomic mass is 10.0. The molecule has 7 nitrogen and oxygen atoms in total. The topological polar surface area (TPSA) is 122 Å². The molecule has 0 rings (SSSR count). The molecular weight excluding hydrogens is 250 g/mol. The highest BCUT2D eigenvalue weighted by atomic mass is 16.4. The first-order valence-corrected chi connectivity index (χ1v) is 6.26. The Hall–Kier alpha value is -1.63. The molecule has 0 radical (unpaired) electrons. The summed E-state index contributed by atoms with van der Waals surface area (Å²) in [6.45, 7) is 3.94. The SMILES string of the molecule is CN[C@@H](CC(C)C)C(=O)N[C@@H](CCC(N)=O)C(=O)O. The molecule has 2 atom stereocenters. The molecule has 7 heteroatoms. The Morgan fingerprint density at radius 2 is 1.79 bits per heavy atom. The minimum Gasteiger partial charge on any atom is -0.480 e. The zero-order valence-corrected chi connectivity index (χ0v) is 11.6. The van der Waals surface area contributed by atoms with Gasteiger partial charge in [-0.25, -0.2) is 4.79 Å². The van der Waals surface area contributed by atoms with E-state index in [1.165, 1.54) is 0 Å². The van der Waals surface area contributed by atoms with Crippen LogP contribution in [0.5, 0.6) is 0 Å². The molecular formula is C12H23N3O4. The number of carbonyl (C=O) groups is 3. The van der Waals surface area contributed by atoms with Crippen molar-refractivity contribution in [3.05, 3.63) is 0 Å². The van der Waals surface area contributed by atoms with Gasteiger partial charge in [0.15, 0.2) is 0 Å². The molecule has 5 N–H and O–H groups in total. The summed E-state index contributed by atoms with van der Waals surface area (Å²) in [5.74, 6) is -1.84. The fourth-order valence-corrected chi connectivity index (χ4v) is 1.64. The highest BCUT2D eigenvalue weighted by Crippen LogP contribution is 2.06. The molecule has 19 heavy (non-hydrogen) atoms. The van der Waals surface area contributed by atoms with E-state index in [2.05, 4.69) is 10.6 Å². The van der Waals surface area contributed by atoms with Gasteiger partial charge in [-0.15, -0.1) is 0 Å². The number of nitrogens with one attached hydrogen (secondary N) is 2. The van der Waals surface area contributed by atoms with Crippen molar-refractivity contribution in [2.75, 3.05) is 7.05 Å². The standard InChI is InChI=1S/C12H23N3O4/c1-7(2)6-9(14-3)11(17)15-8(12(18)19)4-5-10(13)16/h7-9,14H,4-6H2,1-3H3,(H2,13,16)(H,15,17)(H,18,19)/t8-,9-/m0/s1. The number of hydrogen-bond acceptors (Lipinski definition) is 4. The quantitative estimate of drug-likeness (QED) is 0.449. The average Bonchev–Trinajstić information content (AvgIpc) is 2.30. The summed E-state index contributed by atoms with van der Waals surface area (Å²) in [6, 6.07) is -1.54. The van der Waals surface area contributed by atoms with Gasteiger partial charge in [-0.1, -0.05) is 13.8 Å². The van der Waals surface area contributed by atoms with E-state index in [0.29, 0.717) is 12.3 Å². The molecule has 0 aliphatic carbocycles. The Morgan fingerprint density at radius 3 is 2.16 bits per heavy atom. The Labute approximate surface area is 112 Å². The number of carbonyl (C=O) groups excluding carboxylic acids is 2. The van der Waals surface area contributed by atoms with Crippen molar-refractivity contribution >= 4 is 17.8 Å². The van der Waals surface area contributed by atoms with Crippen LogP contribution in [0.15, 0.2) is 0 Å². The molecule has 0 spiro atoms. The number of rotatable bonds is 9. The summed E-state index contributed by atoms with van der Waals surface area (Å²) >= 11 is 0. The normalized spacial score (nSPS) is 13.9. The van der Waals surface area contributed by atoms with E-state index >= 15 is 0 Å². The molecule has 0 aromatic carbocycles. The molecule has 0 aliphatic rings. The van der Waals surface area contributed by atoms with E-state index in [9.17, 15) is 14.4 Å². The Kier molecular flexibility index (Phi) is 7.74. The smallest absolute Gasteiger partial charge is 0.326 e. The summed E-state index contributed by atoms with van der Waals surface area (Å²) in [4.78, 5) is 33.6. The number of carboxylic acids is 1. The highest BCUT2D eigenvalue weighted by molar-refractivity contribution is 5.87. The maximum Gasteiger partial charge on any atom is 0.326 e. The summed E-state index contributed by atoms with van der Waals surface area (Å²) in [5.41, 5.74) is 4.97. The van der Waals surface area contributed by atoms with Crippen molar-refractivity contribution in [3.8, 4) is 0 Å². The van der Waals surface area contributed by atoms with E-state index in [4.69, 9.17) is 10.8 Å². The minimum absolute atomic E-state index is 0.00544. The minimum atomic E-state index is -1.17. The summed E-state index contributed by atoms with van der Waals surface area (Å²) in [7, 11) is 1.64. The molecule has 0 unspecified atom stereocenters. The van der Waals surface area contributed by atoms with Gasteiger partial charge in [0.25, 0.3) is 0 Å². The van der Waals surface area contributed by atoms with E-state index < -0.39 is 24.0 Å². The van der Waals surface area contributed by atoms with Gasteiger partial charge in [0.1, 0.15) is 6.04 Å². The second kappa shape index (κ2) is 8.47. The molecule has 0 saturated carbocycles. The van der Waals surface area contributed by atoms with Gasteiger partial charge < -0.3 is 21.5 Å². The van der Waals surface area contributed by atoms with Gasteiger partial charge in [0, 0.05) is 6.42 Å². The first-order valence-electron chi connectivity index (χ1n) is 6.26. The Bertz CT molecular complexity index is 331. The number of likely N-dealkylation sites (N-methyl/N-ethyl adjacent to an activating group) is 1. The lowest BCUT2D eigenvalue weighted by Crippen LogP contribution is -2.50. The summed E-state index contributed by atoms with van der Waals surface area (Å²) in [6.07, 6.45) is 0.519. The van der Waals surface area contributed by atoms with Crippen LogP contribution in [0.4, 0.5) is 0 Å². The first-order chi connectivity index (χ1) is 8.77. The van der Waals surface area contributed by atoms with Gasteiger partial charge in [0.2, 0.25) is 11.8 Å². The van der Waals surface area contributed by atoms with Crippen LogP contribution in [0.1, 0.15) is 33.1 Å². The Balaban J connectivity index is 4.51. The average molecular weight is 273 g/mol. The van der Waals surface area contributed by atoms with Gasteiger partial charge in [-0.05, 0) is 25.8 Å². The molecule has 2 amide bonds. The fraction of sp³-hybridized carbons (Fsp3) is 0.750. The lowest BCUT2D eigenvalue weighted by molar-refractivity contribution is -0.142. The molecule has 0 aromatic rings. The van der Waals surface area contributed by atoms with Gasteiger partial charge in [-0.2, -0.15) is 0 Å². The number of amides is 2. The highest BCUT2D eigenvalue weighted by Gasteiger charge is 2.25. The van der Waals surface area contributed by atoms with Gasteiger partial charge >= 0.3 is 5.97 Å². The number of carboxylic acid groups (broad SMARTS) is 1. The second-order valence-corrected chi connectivity index (χ2v) is 4.88. The third kappa shape index (κ3) is 7.40. The van der Waals surface area contributed by atoms with Gasteiger partial charge in [-0.3, -0.25) is 9.59 Å². The maximum atomic E-state index is 11.9. The molecule has 0 fully saturated rings. The third-order valence-corrected chi connectivity index (χ3v) is 2.67. The van der Waals surface area contributed by atoms with Crippen LogP contribution in [-0.4, -0.2) is 42.0 Å². The Morgan fingerprint density at radius 1 is 1.21 bits per heavy atom. The molecule has 0 aliphatic heterocycles. The van der Waals surface area contributed by atoms with E-state index in [-0.39, 0.29) is 18.7 Å². The van der Waals surface area contributed by atoms with Crippen molar-refractivity contribution in [1.82, 2.24) is 10.6 Å². The molecule has 110 valence electrons. The summed E-state index contributed by atoms with van der Waals surface area (Å²) in [5, 5.41) is 14.2. The fourth-order valence-electron chi connectivity index (χ4n) is 1.64. The van der Waals surface area contributed by atoms with Crippen LogP contribution in [0.3, 0.4) is 0 Å². The molecule has 0 saturated heterocycles. The van der Waals surface area contributed by atoms with E-state index in [1.807, 2.05) is 13.8 Å². The van der Waals surface area contributed by atoms with Crippen molar-refractivity contribution < 1.29 is 19.5 Å². The van der Waals surface area contributed by atoms with Crippen molar-refractivity contribution in [1.29, 1.82) is 0 Å². The second-order valence-electron chi connectivity index (χ2n) is 4.88. The molecule has 0 bridgehead atoms. The van der Waals surface area contributed by atoms with E-state index in [1.54, 1.807) is 7.05 Å². The number of hydrogen-bond donors (Lipinski definition) is 4. The number of nitrogens with two attached hydrogens (primary N) is 1. The number of aliphatic carboxylic acids is 1. The maximum absolute atomic E-state index is 11.9.